The molecule has 0 aliphatic rings. The van der Waals surface area contributed by atoms with E-state index >= 15 is 0 Å². The van der Waals surface area contributed by atoms with Gasteiger partial charge in [0.1, 0.15) is 0 Å². The number of alkyl halides is 3. The molecule has 0 fully saturated rings. The zero-order chi connectivity index (χ0) is 20.3. The van der Waals surface area contributed by atoms with Gasteiger partial charge in [-0.05, 0) is 42.5 Å². The number of pyridine rings is 1. The van der Waals surface area contributed by atoms with Crippen molar-refractivity contribution in [2.75, 3.05) is 19.4 Å². The number of carbonyl (C=O) groups is 1. The summed E-state index contributed by atoms with van der Waals surface area (Å²) in [6, 6.07) is 15.6. The maximum atomic E-state index is 12.7. The van der Waals surface area contributed by atoms with Crippen LogP contribution in [0.25, 0.3) is 11.3 Å². The summed E-state index contributed by atoms with van der Waals surface area (Å²) >= 11 is 0. The molecule has 7 heteroatoms. The van der Waals surface area contributed by atoms with Crippen molar-refractivity contribution in [2.45, 2.75) is 6.18 Å². The van der Waals surface area contributed by atoms with E-state index in [1.165, 1.54) is 23.2 Å². The molecule has 0 atom stereocenters. The fourth-order valence-corrected chi connectivity index (χ4v) is 2.65. The Kier molecular flexibility index (Phi) is 5.35. The first-order valence-electron chi connectivity index (χ1n) is 8.47. The number of para-hydroxylation sites is 1. The van der Waals surface area contributed by atoms with E-state index in [1.807, 2.05) is 24.3 Å². The van der Waals surface area contributed by atoms with Gasteiger partial charge in [-0.1, -0.05) is 18.2 Å². The maximum absolute atomic E-state index is 12.7. The molecule has 0 saturated carbocycles. The first-order valence-corrected chi connectivity index (χ1v) is 8.47. The molecule has 3 aromatic rings. The Morgan fingerprint density at radius 3 is 2.21 bits per heavy atom. The van der Waals surface area contributed by atoms with Crippen LogP contribution in [0.15, 0.2) is 66.9 Å². The summed E-state index contributed by atoms with van der Waals surface area (Å²) in [5.74, 6) is -0.143. The number of halogens is 3. The van der Waals surface area contributed by atoms with Crippen molar-refractivity contribution in [3.05, 3.63) is 78.0 Å². The highest BCUT2D eigenvalue weighted by molar-refractivity contribution is 5.94. The van der Waals surface area contributed by atoms with Crippen molar-refractivity contribution in [1.82, 2.24) is 9.88 Å². The predicted molar refractivity (Wildman–Crippen MR) is 102 cm³/mol. The Morgan fingerprint density at radius 2 is 1.64 bits per heavy atom. The molecule has 0 unspecified atom stereocenters. The van der Waals surface area contributed by atoms with Gasteiger partial charge in [-0.15, -0.1) is 0 Å². The van der Waals surface area contributed by atoms with E-state index in [4.69, 9.17) is 0 Å². The molecule has 0 aliphatic heterocycles. The van der Waals surface area contributed by atoms with Gasteiger partial charge < -0.3 is 10.2 Å². The lowest BCUT2D eigenvalue weighted by Gasteiger charge is -2.14. The molecule has 1 N–H and O–H groups in total. The van der Waals surface area contributed by atoms with Gasteiger partial charge in [0, 0.05) is 37.2 Å². The molecule has 3 rings (SSSR count). The number of nitrogens with zero attached hydrogens (tertiary/aromatic N) is 2. The first kappa shape index (κ1) is 19.4. The SMILES string of the molecule is CN(C)C(=O)c1ccc(-c2ccccc2Nc2ccc(C(F)(F)F)cc2)nc1. The number of rotatable bonds is 4. The van der Waals surface area contributed by atoms with Gasteiger partial charge in [0.25, 0.3) is 5.91 Å². The lowest BCUT2D eigenvalue weighted by molar-refractivity contribution is -0.137. The van der Waals surface area contributed by atoms with E-state index in [0.29, 0.717) is 22.6 Å². The summed E-state index contributed by atoms with van der Waals surface area (Å²) in [4.78, 5) is 17.8. The molecule has 1 heterocycles. The van der Waals surface area contributed by atoms with E-state index in [-0.39, 0.29) is 5.91 Å². The predicted octanol–water partition coefficient (Wildman–Crippen LogP) is 5.21. The van der Waals surface area contributed by atoms with Crippen LogP contribution in [0, 0.1) is 0 Å². The van der Waals surface area contributed by atoms with Gasteiger partial charge in [0.05, 0.1) is 16.8 Å². The zero-order valence-electron chi connectivity index (χ0n) is 15.3. The molecule has 2 aromatic carbocycles. The van der Waals surface area contributed by atoms with Crippen molar-refractivity contribution in [1.29, 1.82) is 0 Å². The molecule has 0 radical (unpaired) electrons. The minimum absolute atomic E-state index is 0.143. The third-order valence-electron chi connectivity index (χ3n) is 4.11. The van der Waals surface area contributed by atoms with Crippen LogP contribution in [0.4, 0.5) is 24.5 Å². The van der Waals surface area contributed by atoms with Crippen LogP contribution in [0.1, 0.15) is 15.9 Å². The molecular weight excluding hydrogens is 367 g/mol. The van der Waals surface area contributed by atoms with E-state index in [1.54, 1.807) is 26.2 Å². The third kappa shape index (κ3) is 4.31. The minimum atomic E-state index is -4.37. The van der Waals surface area contributed by atoms with Gasteiger partial charge in [-0.3, -0.25) is 9.78 Å². The third-order valence-corrected chi connectivity index (χ3v) is 4.11. The Morgan fingerprint density at radius 1 is 0.964 bits per heavy atom. The fourth-order valence-electron chi connectivity index (χ4n) is 2.65. The monoisotopic (exact) mass is 385 g/mol. The van der Waals surface area contributed by atoms with Crippen LogP contribution in [-0.2, 0) is 6.18 Å². The van der Waals surface area contributed by atoms with Crippen molar-refractivity contribution in [3.8, 4) is 11.3 Å². The van der Waals surface area contributed by atoms with E-state index < -0.39 is 11.7 Å². The van der Waals surface area contributed by atoms with Crippen LogP contribution in [0.3, 0.4) is 0 Å². The quantitative estimate of drug-likeness (QED) is 0.670. The number of hydrogen-bond acceptors (Lipinski definition) is 3. The number of aromatic nitrogens is 1. The average Bonchev–Trinajstić information content (AvgIpc) is 2.68. The van der Waals surface area contributed by atoms with Crippen molar-refractivity contribution >= 4 is 17.3 Å². The number of nitrogens with one attached hydrogen (secondary N) is 1. The van der Waals surface area contributed by atoms with Gasteiger partial charge in [-0.2, -0.15) is 13.2 Å². The molecule has 1 aromatic heterocycles. The number of hydrogen-bond donors (Lipinski definition) is 1. The van der Waals surface area contributed by atoms with Crippen molar-refractivity contribution in [3.63, 3.8) is 0 Å². The summed E-state index contributed by atoms with van der Waals surface area (Å²) in [6.45, 7) is 0. The highest BCUT2D eigenvalue weighted by Gasteiger charge is 2.29. The van der Waals surface area contributed by atoms with Gasteiger partial charge in [-0.25, -0.2) is 0 Å². The molecule has 1 amide bonds. The van der Waals surface area contributed by atoms with Crippen LogP contribution >= 0.6 is 0 Å². The van der Waals surface area contributed by atoms with Crippen LogP contribution in [-0.4, -0.2) is 29.9 Å². The summed E-state index contributed by atoms with van der Waals surface area (Å²) in [5, 5.41) is 3.12. The zero-order valence-corrected chi connectivity index (χ0v) is 15.3. The van der Waals surface area contributed by atoms with E-state index in [9.17, 15) is 18.0 Å². The molecular formula is C21H18F3N3O. The standard InChI is InChI=1S/C21H18F3N3O/c1-27(2)20(28)14-7-12-18(25-13-14)17-5-3-4-6-19(17)26-16-10-8-15(9-11-16)21(22,23)24/h3-13,26H,1-2H3. The fraction of sp³-hybridized carbons (Fsp3) is 0.143. The van der Waals surface area contributed by atoms with Crippen LogP contribution < -0.4 is 5.32 Å². The van der Waals surface area contributed by atoms with Crippen molar-refractivity contribution < 1.29 is 18.0 Å². The maximum Gasteiger partial charge on any atom is 0.416 e. The number of amides is 1. The van der Waals surface area contributed by atoms with E-state index in [2.05, 4.69) is 10.3 Å². The average molecular weight is 385 g/mol. The second kappa shape index (κ2) is 7.72. The highest BCUT2D eigenvalue weighted by Crippen LogP contribution is 2.32. The summed E-state index contributed by atoms with van der Waals surface area (Å²) in [5.41, 5.74) is 2.41. The molecule has 144 valence electrons. The first-order chi connectivity index (χ1) is 13.3. The second-order valence-corrected chi connectivity index (χ2v) is 6.38. The van der Waals surface area contributed by atoms with Crippen LogP contribution in [0.2, 0.25) is 0 Å². The highest BCUT2D eigenvalue weighted by atomic mass is 19.4. The molecule has 4 nitrogen and oxygen atoms in total. The molecule has 0 bridgehead atoms. The Balaban J connectivity index is 1.86. The Bertz CT molecular complexity index is 965. The molecule has 0 aliphatic carbocycles. The lowest BCUT2D eigenvalue weighted by atomic mass is 10.1. The smallest absolute Gasteiger partial charge is 0.355 e. The number of carbonyl (C=O) groups excluding carboxylic acids is 1. The summed E-state index contributed by atoms with van der Waals surface area (Å²) in [6.07, 6.45) is -2.86. The van der Waals surface area contributed by atoms with Crippen molar-refractivity contribution in [2.24, 2.45) is 0 Å². The summed E-state index contributed by atoms with van der Waals surface area (Å²) in [7, 11) is 3.33. The Hall–Kier alpha value is -3.35. The summed E-state index contributed by atoms with van der Waals surface area (Å²) < 4.78 is 38.1. The minimum Gasteiger partial charge on any atom is -0.355 e. The largest absolute Gasteiger partial charge is 0.416 e. The molecule has 28 heavy (non-hydrogen) atoms. The normalized spacial score (nSPS) is 11.2. The second-order valence-electron chi connectivity index (χ2n) is 6.38. The lowest BCUT2D eigenvalue weighted by Crippen LogP contribution is -2.21. The van der Waals surface area contributed by atoms with Gasteiger partial charge in [0.2, 0.25) is 0 Å². The van der Waals surface area contributed by atoms with Crippen LogP contribution in [0.5, 0.6) is 0 Å². The van der Waals surface area contributed by atoms with Gasteiger partial charge >= 0.3 is 6.18 Å². The molecule has 0 saturated heterocycles. The molecule has 0 spiro atoms. The Labute approximate surface area is 160 Å². The van der Waals surface area contributed by atoms with E-state index in [0.717, 1.165) is 17.7 Å². The topological polar surface area (TPSA) is 45.2 Å². The van der Waals surface area contributed by atoms with Gasteiger partial charge in [0.15, 0.2) is 0 Å². The number of benzene rings is 2. The number of anilines is 2.